The van der Waals surface area contributed by atoms with Gasteiger partial charge in [0.2, 0.25) is 5.91 Å². The van der Waals surface area contributed by atoms with E-state index in [-0.39, 0.29) is 5.91 Å². The number of hydrogen-bond donors (Lipinski definition) is 2. The fraction of sp³-hybridized carbons (Fsp3) is 0.190. The lowest BCUT2D eigenvalue weighted by Crippen LogP contribution is -2.22. The van der Waals surface area contributed by atoms with Gasteiger partial charge in [-0.15, -0.1) is 0 Å². The molecule has 0 bridgehead atoms. The van der Waals surface area contributed by atoms with Crippen molar-refractivity contribution in [1.82, 2.24) is 10.6 Å². The molecule has 1 saturated heterocycles. The van der Waals surface area contributed by atoms with E-state index in [1.807, 2.05) is 12.1 Å². The van der Waals surface area contributed by atoms with Crippen molar-refractivity contribution in [3.63, 3.8) is 0 Å². The largest absolute Gasteiger partial charge is 0.492 e. The van der Waals surface area contributed by atoms with Crippen molar-refractivity contribution in [2.24, 2.45) is 0 Å². The van der Waals surface area contributed by atoms with Crippen molar-refractivity contribution in [3.05, 3.63) is 68.5 Å². The lowest BCUT2D eigenvalue weighted by molar-refractivity contribution is -0.121. The van der Waals surface area contributed by atoms with Crippen LogP contribution in [-0.4, -0.2) is 23.7 Å². The summed E-state index contributed by atoms with van der Waals surface area (Å²) < 4.78 is 5.64. The van der Waals surface area contributed by atoms with Gasteiger partial charge in [-0.3, -0.25) is 19.7 Å². The molecule has 0 aromatic heterocycles. The SMILES string of the molecule is O=C(CCCOc1ccc(/C=C2/SC(=O)NC2=O)cc1Cl)NCc1ccc(Cl)cc1. The highest BCUT2D eigenvalue weighted by Crippen LogP contribution is 2.30. The maximum Gasteiger partial charge on any atom is 0.290 e. The molecular weight excluding hydrogens is 447 g/mol. The van der Waals surface area contributed by atoms with E-state index in [0.29, 0.717) is 52.3 Å². The number of carbonyl (C=O) groups excluding carboxylic acids is 3. The molecule has 156 valence electrons. The smallest absolute Gasteiger partial charge is 0.290 e. The van der Waals surface area contributed by atoms with Gasteiger partial charge in [-0.25, -0.2) is 0 Å². The van der Waals surface area contributed by atoms with E-state index < -0.39 is 11.1 Å². The minimum Gasteiger partial charge on any atom is -0.492 e. The maximum atomic E-state index is 11.9. The summed E-state index contributed by atoms with van der Waals surface area (Å²) in [4.78, 5) is 35.1. The summed E-state index contributed by atoms with van der Waals surface area (Å²) >= 11 is 12.9. The standard InChI is InChI=1S/C21H18Cl2N2O4S/c22-15-6-3-13(4-7-15)12-24-19(26)2-1-9-29-17-8-5-14(10-16(17)23)11-18-20(27)25-21(28)30-18/h3-8,10-11H,1-2,9,12H2,(H,24,26)(H,25,27,28)/b18-11+. The van der Waals surface area contributed by atoms with Gasteiger partial charge in [0.1, 0.15) is 5.75 Å². The molecule has 9 heteroatoms. The van der Waals surface area contributed by atoms with Crippen molar-refractivity contribution in [1.29, 1.82) is 0 Å². The summed E-state index contributed by atoms with van der Waals surface area (Å²) in [6.07, 6.45) is 2.45. The van der Waals surface area contributed by atoms with E-state index in [1.165, 1.54) is 0 Å². The molecule has 2 aromatic carbocycles. The van der Waals surface area contributed by atoms with Crippen LogP contribution in [0.3, 0.4) is 0 Å². The average molecular weight is 465 g/mol. The van der Waals surface area contributed by atoms with E-state index in [0.717, 1.165) is 17.3 Å². The summed E-state index contributed by atoms with van der Waals surface area (Å²) in [5, 5.41) is 5.69. The number of halogens is 2. The second-order valence-electron chi connectivity index (χ2n) is 6.40. The molecular formula is C21H18Cl2N2O4S. The Balaban J connectivity index is 1.42. The van der Waals surface area contributed by atoms with E-state index in [9.17, 15) is 14.4 Å². The quantitative estimate of drug-likeness (QED) is 0.433. The Bertz CT molecular complexity index is 993. The summed E-state index contributed by atoms with van der Waals surface area (Å²) in [7, 11) is 0. The van der Waals surface area contributed by atoms with Gasteiger partial charge in [0.05, 0.1) is 16.5 Å². The Morgan fingerprint density at radius 1 is 1.13 bits per heavy atom. The van der Waals surface area contributed by atoms with Crippen LogP contribution in [0.4, 0.5) is 4.79 Å². The fourth-order valence-electron chi connectivity index (χ4n) is 2.60. The lowest BCUT2D eigenvalue weighted by atomic mass is 10.2. The van der Waals surface area contributed by atoms with Gasteiger partial charge in [-0.05, 0) is 59.7 Å². The molecule has 0 saturated carbocycles. The second kappa shape index (κ2) is 10.5. The first kappa shape index (κ1) is 22.2. The molecule has 1 fully saturated rings. The normalized spacial score (nSPS) is 14.7. The third-order valence-electron chi connectivity index (χ3n) is 4.10. The average Bonchev–Trinajstić information content (AvgIpc) is 3.03. The van der Waals surface area contributed by atoms with Gasteiger partial charge >= 0.3 is 0 Å². The number of amides is 3. The van der Waals surface area contributed by atoms with Crippen LogP contribution in [-0.2, 0) is 16.1 Å². The Morgan fingerprint density at radius 3 is 2.57 bits per heavy atom. The van der Waals surface area contributed by atoms with Gasteiger partial charge in [-0.1, -0.05) is 41.4 Å². The number of ether oxygens (including phenoxy) is 1. The Hall–Kier alpha value is -2.48. The molecule has 0 aliphatic carbocycles. The predicted molar refractivity (Wildman–Crippen MR) is 119 cm³/mol. The minimum absolute atomic E-state index is 0.0662. The number of carbonyl (C=O) groups is 3. The number of nitrogens with one attached hydrogen (secondary N) is 2. The summed E-state index contributed by atoms with van der Waals surface area (Å²) in [6.45, 7) is 0.781. The molecule has 3 rings (SSSR count). The molecule has 0 unspecified atom stereocenters. The molecule has 1 aliphatic rings. The fourth-order valence-corrected chi connectivity index (χ4v) is 3.65. The van der Waals surface area contributed by atoms with Crippen molar-refractivity contribution in [2.75, 3.05) is 6.61 Å². The Labute approximate surface area is 188 Å². The van der Waals surface area contributed by atoms with Crippen LogP contribution in [0.1, 0.15) is 24.0 Å². The monoisotopic (exact) mass is 464 g/mol. The van der Waals surface area contributed by atoms with Gasteiger partial charge in [-0.2, -0.15) is 0 Å². The molecule has 2 aromatic rings. The number of rotatable bonds is 8. The molecule has 1 aliphatic heterocycles. The van der Waals surface area contributed by atoms with Gasteiger partial charge in [0.15, 0.2) is 0 Å². The third kappa shape index (κ3) is 6.52. The molecule has 0 radical (unpaired) electrons. The number of benzene rings is 2. The van der Waals surface area contributed by atoms with Crippen LogP contribution in [0, 0.1) is 0 Å². The van der Waals surface area contributed by atoms with Crippen molar-refractivity contribution in [2.45, 2.75) is 19.4 Å². The van der Waals surface area contributed by atoms with Crippen LogP contribution < -0.4 is 15.4 Å². The van der Waals surface area contributed by atoms with Gasteiger partial charge < -0.3 is 10.1 Å². The van der Waals surface area contributed by atoms with E-state index in [4.69, 9.17) is 27.9 Å². The molecule has 0 spiro atoms. The van der Waals surface area contributed by atoms with Crippen LogP contribution in [0.25, 0.3) is 6.08 Å². The van der Waals surface area contributed by atoms with Crippen LogP contribution in [0.5, 0.6) is 5.75 Å². The topological polar surface area (TPSA) is 84.5 Å². The maximum absolute atomic E-state index is 11.9. The molecule has 0 atom stereocenters. The highest BCUT2D eigenvalue weighted by atomic mass is 35.5. The van der Waals surface area contributed by atoms with Crippen LogP contribution >= 0.6 is 35.0 Å². The molecule has 3 amide bonds. The van der Waals surface area contributed by atoms with E-state index in [1.54, 1.807) is 36.4 Å². The van der Waals surface area contributed by atoms with Crippen LogP contribution in [0.15, 0.2) is 47.4 Å². The van der Waals surface area contributed by atoms with Crippen molar-refractivity contribution >= 4 is 58.1 Å². The van der Waals surface area contributed by atoms with E-state index in [2.05, 4.69) is 10.6 Å². The summed E-state index contributed by atoms with van der Waals surface area (Å²) in [5.41, 5.74) is 1.66. The summed E-state index contributed by atoms with van der Waals surface area (Å²) in [5.74, 6) is -0.000660. The zero-order valence-corrected chi connectivity index (χ0v) is 18.1. The molecule has 6 nitrogen and oxygen atoms in total. The second-order valence-corrected chi connectivity index (χ2v) is 8.26. The predicted octanol–water partition coefficient (Wildman–Crippen LogP) is 4.79. The first-order chi connectivity index (χ1) is 14.4. The minimum atomic E-state index is -0.421. The first-order valence-corrected chi connectivity index (χ1v) is 10.7. The third-order valence-corrected chi connectivity index (χ3v) is 5.46. The van der Waals surface area contributed by atoms with Crippen LogP contribution in [0.2, 0.25) is 10.0 Å². The zero-order valence-electron chi connectivity index (χ0n) is 15.7. The zero-order chi connectivity index (χ0) is 21.5. The van der Waals surface area contributed by atoms with Crippen molar-refractivity contribution < 1.29 is 19.1 Å². The lowest BCUT2D eigenvalue weighted by Gasteiger charge is -2.09. The molecule has 2 N–H and O–H groups in total. The number of thioether (sulfide) groups is 1. The highest BCUT2D eigenvalue weighted by molar-refractivity contribution is 8.18. The first-order valence-electron chi connectivity index (χ1n) is 9.09. The van der Waals surface area contributed by atoms with Crippen molar-refractivity contribution in [3.8, 4) is 5.75 Å². The molecule has 30 heavy (non-hydrogen) atoms. The van der Waals surface area contributed by atoms with Gasteiger partial charge in [0, 0.05) is 18.0 Å². The summed E-state index contributed by atoms with van der Waals surface area (Å²) in [6, 6.07) is 12.4. The number of hydrogen-bond acceptors (Lipinski definition) is 5. The van der Waals surface area contributed by atoms with E-state index >= 15 is 0 Å². The Kier molecular flexibility index (Phi) is 7.79. The highest BCUT2D eigenvalue weighted by Gasteiger charge is 2.24. The number of imide groups is 1. The van der Waals surface area contributed by atoms with Gasteiger partial charge in [0.25, 0.3) is 11.1 Å². The Morgan fingerprint density at radius 2 is 1.90 bits per heavy atom. The molecule has 1 heterocycles.